The first-order valence-electron chi connectivity index (χ1n) is 7.47. The molecule has 3 N–H and O–H groups in total. The van der Waals surface area contributed by atoms with E-state index in [2.05, 4.69) is 15.1 Å². The lowest BCUT2D eigenvalue weighted by Crippen LogP contribution is -2.46. The Morgan fingerprint density at radius 2 is 1.88 bits per heavy atom. The van der Waals surface area contributed by atoms with Crippen molar-refractivity contribution in [2.75, 3.05) is 6.54 Å². The third kappa shape index (κ3) is 5.03. The molecule has 0 aliphatic heterocycles. The first-order chi connectivity index (χ1) is 11.0. The van der Waals surface area contributed by atoms with Crippen LogP contribution in [0.2, 0.25) is 0 Å². The predicted molar refractivity (Wildman–Crippen MR) is 86.9 cm³/mol. The first-order valence-corrected chi connectivity index (χ1v) is 8.96. The molecule has 0 bridgehead atoms. The number of carbonyl (C=O) groups is 2. The van der Waals surface area contributed by atoms with Crippen molar-refractivity contribution in [1.29, 1.82) is 0 Å². The topological polar surface area (TPSA) is 130 Å². The van der Waals surface area contributed by atoms with E-state index in [1.54, 1.807) is 27.8 Å². The zero-order valence-corrected chi connectivity index (χ0v) is 15.3. The number of hydrogen-bond donors (Lipinski definition) is 3. The van der Waals surface area contributed by atoms with Gasteiger partial charge in [-0.3, -0.25) is 14.3 Å². The van der Waals surface area contributed by atoms with E-state index in [0.29, 0.717) is 11.4 Å². The summed E-state index contributed by atoms with van der Waals surface area (Å²) in [4.78, 5) is 22.7. The standard InChI is InChI=1S/C14H24N4O5S/c1-8(6-12(19)20)7-15-14(21)10(3)17-24(22,23)13-9(2)16-18(5)11(13)4/h8,10,17H,6-7H2,1-5H3,(H,15,21)(H,19,20). The fraction of sp³-hybridized carbons (Fsp3) is 0.643. The molecular formula is C14H24N4O5S. The number of carbonyl (C=O) groups excluding carboxylic acids is 1. The van der Waals surface area contributed by atoms with E-state index in [9.17, 15) is 18.0 Å². The Morgan fingerprint density at radius 3 is 2.33 bits per heavy atom. The Balaban J connectivity index is 2.73. The van der Waals surface area contributed by atoms with Crippen molar-refractivity contribution in [2.24, 2.45) is 13.0 Å². The third-order valence-corrected chi connectivity index (χ3v) is 5.38. The number of rotatable bonds is 8. The highest BCUT2D eigenvalue weighted by Crippen LogP contribution is 2.18. The molecule has 0 aliphatic rings. The molecule has 0 fully saturated rings. The van der Waals surface area contributed by atoms with Crippen molar-refractivity contribution < 1.29 is 23.1 Å². The molecule has 2 unspecified atom stereocenters. The molecule has 1 rings (SSSR count). The molecule has 1 aromatic heterocycles. The molecule has 0 spiro atoms. The highest BCUT2D eigenvalue weighted by Gasteiger charge is 2.27. The zero-order chi connectivity index (χ0) is 18.7. The average Bonchev–Trinajstić information content (AvgIpc) is 2.68. The number of carboxylic acid groups (broad SMARTS) is 1. The minimum Gasteiger partial charge on any atom is -0.481 e. The van der Waals surface area contributed by atoms with Gasteiger partial charge in [0, 0.05) is 20.0 Å². The molecule has 0 radical (unpaired) electrons. The van der Waals surface area contributed by atoms with Crippen LogP contribution >= 0.6 is 0 Å². The summed E-state index contributed by atoms with van der Waals surface area (Å²) >= 11 is 0. The summed E-state index contributed by atoms with van der Waals surface area (Å²) < 4.78 is 28.7. The highest BCUT2D eigenvalue weighted by molar-refractivity contribution is 7.89. The lowest BCUT2D eigenvalue weighted by molar-refractivity contribution is -0.138. The van der Waals surface area contributed by atoms with E-state index in [4.69, 9.17) is 5.11 Å². The molecule has 136 valence electrons. The van der Waals surface area contributed by atoms with Crippen molar-refractivity contribution in [3.63, 3.8) is 0 Å². The number of nitrogens with one attached hydrogen (secondary N) is 2. The zero-order valence-electron chi connectivity index (χ0n) is 14.5. The monoisotopic (exact) mass is 360 g/mol. The lowest BCUT2D eigenvalue weighted by atomic mass is 10.1. The molecule has 1 aromatic rings. The minimum atomic E-state index is -3.89. The molecule has 9 nitrogen and oxygen atoms in total. The van der Waals surface area contributed by atoms with Crippen LogP contribution in [0.4, 0.5) is 0 Å². The largest absolute Gasteiger partial charge is 0.481 e. The van der Waals surface area contributed by atoms with E-state index in [1.165, 1.54) is 11.6 Å². The van der Waals surface area contributed by atoms with Gasteiger partial charge in [0.05, 0.1) is 17.4 Å². The molecule has 10 heteroatoms. The molecule has 0 aliphatic carbocycles. The van der Waals surface area contributed by atoms with E-state index in [0.717, 1.165) is 0 Å². The summed E-state index contributed by atoms with van der Waals surface area (Å²) in [5.41, 5.74) is 0.827. The maximum absolute atomic E-state index is 12.5. The van der Waals surface area contributed by atoms with Gasteiger partial charge < -0.3 is 10.4 Å². The van der Waals surface area contributed by atoms with Crippen LogP contribution in [0.3, 0.4) is 0 Å². The van der Waals surface area contributed by atoms with Gasteiger partial charge in [-0.05, 0) is 26.7 Å². The molecule has 24 heavy (non-hydrogen) atoms. The molecular weight excluding hydrogens is 336 g/mol. The van der Waals surface area contributed by atoms with Crippen LogP contribution < -0.4 is 10.0 Å². The molecule has 0 saturated carbocycles. The van der Waals surface area contributed by atoms with E-state index >= 15 is 0 Å². The van der Waals surface area contributed by atoms with Gasteiger partial charge in [-0.15, -0.1) is 0 Å². The maximum atomic E-state index is 12.5. The molecule has 0 aromatic carbocycles. The van der Waals surface area contributed by atoms with Crippen molar-refractivity contribution in [3.05, 3.63) is 11.4 Å². The van der Waals surface area contributed by atoms with Crippen molar-refractivity contribution in [2.45, 2.75) is 45.1 Å². The van der Waals surface area contributed by atoms with Gasteiger partial charge in [0.2, 0.25) is 15.9 Å². The second-order valence-corrected chi connectivity index (χ2v) is 7.57. The molecule has 1 heterocycles. The number of carboxylic acids is 1. The summed E-state index contributed by atoms with van der Waals surface area (Å²) in [6.45, 7) is 6.48. The summed E-state index contributed by atoms with van der Waals surface area (Å²) in [7, 11) is -2.25. The number of sulfonamides is 1. The van der Waals surface area contributed by atoms with Gasteiger partial charge >= 0.3 is 5.97 Å². The van der Waals surface area contributed by atoms with Gasteiger partial charge in [0.1, 0.15) is 4.90 Å². The Hall–Kier alpha value is -1.94. The highest BCUT2D eigenvalue weighted by atomic mass is 32.2. The quantitative estimate of drug-likeness (QED) is 0.595. The van der Waals surface area contributed by atoms with Crippen LogP contribution in [0.15, 0.2) is 4.90 Å². The second-order valence-electron chi connectivity index (χ2n) is 5.91. The summed E-state index contributed by atoms with van der Waals surface area (Å²) in [5, 5.41) is 15.3. The third-order valence-electron chi connectivity index (χ3n) is 3.58. The number of aryl methyl sites for hydroxylation is 2. The van der Waals surface area contributed by atoms with E-state index in [1.807, 2.05) is 0 Å². The van der Waals surface area contributed by atoms with Gasteiger partial charge in [-0.25, -0.2) is 8.42 Å². The van der Waals surface area contributed by atoms with Gasteiger partial charge in [0.15, 0.2) is 0 Å². The number of hydrogen-bond acceptors (Lipinski definition) is 5. The van der Waals surface area contributed by atoms with Gasteiger partial charge in [-0.2, -0.15) is 9.82 Å². The van der Waals surface area contributed by atoms with Crippen molar-refractivity contribution in [1.82, 2.24) is 19.8 Å². The Bertz CT molecular complexity index is 726. The summed E-state index contributed by atoms with van der Waals surface area (Å²) in [6, 6.07) is -0.994. The van der Waals surface area contributed by atoms with Crippen LogP contribution in [-0.2, 0) is 26.7 Å². The average molecular weight is 360 g/mol. The SMILES string of the molecule is Cc1nn(C)c(C)c1S(=O)(=O)NC(C)C(=O)NCC(C)CC(=O)O. The van der Waals surface area contributed by atoms with Gasteiger partial charge in [-0.1, -0.05) is 6.92 Å². The van der Waals surface area contributed by atoms with Crippen molar-refractivity contribution >= 4 is 21.9 Å². The van der Waals surface area contributed by atoms with Crippen LogP contribution in [-0.4, -0.2) is 47.8 Å². The molecule has 1 amide bonds. The Labute approximate surface area is 141 Å². The van der Waals surface area contributed by atoms with Crippen LogP contribution in [0, 0.1) is 19.8 Å². The van der Waals surface area contributed by atoms with Crippen molar-refractivity contribution in [3.8, 4) is 0 Å². The normalized spacial score (nSPS) is 14.2. The number of amides is 1. The Kier molecular flexibility index (Phi) is 6.50. The fourth-order valence-electron chi connectivity index (χ4n) is 2.29. The second kappa shape index (κ2) is 7.75. The Morgan fingerprint density at radius 1 is 1.29 bits per heavy atom. The number of nitrogens with zero attached hydrogens (tertiary/aromatic N) is 2. The number of aromatic nitrogens is 2. The summed E-state index contributed by atoms with van der Waals surface area (Å²) in [5.74, 6) is -1.72. The molecule has 2 atom stereocenters. The minimum absolute atomic E-state index is 0.0592. The summed E-state index contributed by atoms with van der Waals surface area (Å²) in [6.07, 6.45) is -0.0749. The number of aliphatic carboxylic acids is 1. The van der Waals surface area contributed by atoms with E-state index in [-0.39, 0.29) is 23.8 Å². The smallest absolute Gasteiger partial charge is 0.303 e. The van der Waals surface area contributed by atoms with Gasteiger partial charge in [0.25, 0.3) is 0 Å². The lowest BCUT2D eigenvalue weighted by Gasteiger charge is -2.16. The first kappa shape index (κ1) is 20.1. The fourth-order valence-corrected chi connectivity index (χ4v) is 3.93. The van der Waals surface area contributed by atoms with E-state index < -0.39 is 27.9 Å². The van der Waals surface area contributed by atoms with Crippen LogP contribution in [0.25, 0.3) is 0 Å². The molecule has 0 saturated heterocycles. The predicted octanol–water partition coefficient (Wildman–Crippen LogP) is -0.0693. The maximum Gasteiger partial charge on any atom is 0.303 e. The van der Waals surface area contributed by atoms with Crippen LogP contribution in [0.5, 0.6) is 0 Å². The van der Waals surface area contributed by atoms with Crippen LogP contribution in [0.1, 0.15) is 31.7 Å².